The highest BCUT2D eigenvalue weighted by Gasteiger charge is 2.26. The zero-order valence-corrected chi connectivity index (χ0v) is 15.2. The van der Waals surface area contributed by atoms with Crippen molar-refractivity contribution in [2.24, 2.45) is 0 Å². The number of carbonyl (C=O) groups excluding carboxylic acids is 1. The maximum absolute atomic E-state index is 13.0. The summed E-state index contributed by atoms with van der Waals surface area (Å²) < 4.78 is 16.0. The number of rotatable bonds is 4. The Bertz CT molecular complexity index is 747. The first-order valence-electron chi connectivity index (χ1n) is 8.57. The van der Waals surface area contributed by atoms with Gasteiger partial charge in [-0.05, 0) is 49.4 Å². The van der Waals surface area contributed by atoms with Crippen molar-refractivity contribution in [3.8, 4) is 11.5 Å². The van der Waals surface area contributed by atoms with E-state index in [1.807, 2.05) is 24.0 Å². The Balaban J connectivity index is 1.84. The van der Waals surface area contributed by atoms with Crippen LogP contribution in [0.3, 0.4) is 0 Å². The van der Waals surface area contributed by atoms with E-state index < -0.39 is 0 Å². The maximum Gasteiger partial charge on any atom is 0.259 e. The largest absolute Gasteiger partial charge is 0.493 e. The molecule has 1 aliphatic heterocycles. The number of benzene rings is 1. The van der Waals surface area contributed by atoms with Crippen molar-refractivity contribution in [3.05, 3.63) is 40.3 Å². The van der Waals surface area contributed by atoms with E-state index in [4.69, 9.17) is 14.0 Å². The molecule has 0 atom stereocenters. The molecule has 0 aliphatic carbocycles. The molecule has 134 valence electrons. The summed E-state index contributed by atoms with van der Waals surface area (Å²) in [7, 11) is 3.27. The minimum Gasteiger partial charge on any atom is -0.493 e. The van der Waals surface area contributed by atoms with Gasteiger partial charge in [0, 0.05) is 13.1 Å². The number of amides is 1. The predicted molar refractivity (Wildman–Crippen MR) is 93.5 cm³/mol. The third-order valence-corrected chi connectivity index (χ3v) is 4.78. The second-order valence-electron chi connectivity index (χ2n) is 6.18. The molecule has 0 unspecified atom stereocenters. The molecule has 0 bridgehead atoms. The smallest absolute Gasteiger partial charge is 0.259 e. The molecule has 6 nitrogen and oxygen atoms in total. The molecule has 6 heteroatoms. The lowest BCUT2D eigenvalue weighted by molar-refractivity contribution is 0.0760. The number of aromatic nitrogens is 1. The first-order chi connectivity index (χ1) is 12.1. The van der Waals surface area contributed by atoms with E-state index in [9.17, 15) is 4.79 Å². The van der Waals surface area contributed by atoms with Gasteiger partial charge in [0.15, 0.2) is 11.5 Å². The monoisotopic (exact) mass is 344 g/mol. The average Bonchev–Trinajstić information content (AvgIpc) is 2.88. The fraction of sp³-hybridized carbons (Fsp3) is 0.474. The summed E-state index contributed by atoms with van der Waals surface area (Å²) >= 11 is 0. The Morgan fingerprint density at radius 3 is 2.20 bits per heavy atom. The highest BCUT2D eigenvalue weighted by Crippen LogP contribution is 2.32. The molecule has 0 N–H and O–H groups in total. The van der Waals surface area contributed by atoms with Crippen LogP contribution in [0.1, 0.15) is 39.9 Å². The van der Waals surface area contributed by atoms with E-state index in [1.54, 1.807) is 21.1 Å². The van der Waals surface area contributed by atoms with Gasteiger partial charge in [-0.3, -0.25) is 4.79 Å². The maximum atomic E-state index is 13.0. The lowest BCUT2D eigenvalue weighted by Gasteiger charge is -2.20. The van der Waals surface area contributed by atoms with E-state index in [2.05, 4.69) is 5.16 Å². The summed E-state index contributed by atoms with van der Waals surface area (Å²) in [6, 6.07) is 4.04. The molecule has 2 aromatic rings. The molecule has 1 amide bonds. The van der Waals surface area contributed by atoms with E-state index in [1.165, 1.54) is 11.1 Å². The highest BCUT2D eigenvalue weighted by molar-refractivity contribution is 5.96. The first kappa shape index (κ1) is 17.3. The Hall–Kier alpha value is -2.50. The number of fused-ring (bicyclic) bond motifs is 1. The number of ether oxygens (including phenoxy) is 2. The molecule has 3 rings (SSSR count). The second kappa shape index (κ2) is 7.17. The second-order valence-corrected chi connectivity index (χ2v) is 6.18. The topological polar surface area (TPSA) is 64.8 Å². The van der Waals surface area contributed by atoms with Crippen LogP contribution in [0.25, 0.3) is 0 Å². The Morgan fingerprint density at radius 1 is 1.16 bits per heavy atom. The lowest BCUT2D eigenvalue weighted by Crippen LogP contribution is -2.34. The number of hydrogen-bond acceptors (Lipinski definition) is 5. The summed E-state index contributed by atoms with van der Waals surface area (Å²) in [4.78, 5) is 14.9. The van der Waals surface area contributed by atoms with E-state index in [-0.39, 0.29) is 5.91 Å². The van der Waals surface area contributed by atoms with Gasteiger partial charge in [-0.2, -0.15) is 0 Å². The molecule has 0 fully saturated rings. The molecule has 0 saturated heterocycles. The molecule has 0 saturated carbocycles. The first-order valence-corrected chi connectivity index (χ1v) is 8.57. The summed E-state index contributed by atoms with van der Waals surface area (Å²) in [5.41, 5.74) is 3.74. The van der Waals surface area contributed by atoms with E-state index in [0.717, 1.165) is 30.0 Å². The molecule has 1 aromatic heterocycles. The summed E-state index contributed by atoms with van der Waals surface area (Å²) in [5.74, 6) is 2.04. The van der Waals surface area contributed by atoms with Crippen molar-refractivity contribution in [1.82, 2.24) is 10.1 Å². The number of methoxy groups -OCH3 is 2. The van der Waals surface area contributed by atoms with Crippen LogP contribution in [-0.2, 0) is 19.3 Å². The molecule has 0 spiro atoms. The third-order valence-electron chi connectivity index (χ3n) is 4.78. The number of carbonyl (C=O) groups is 1. The molecule has 25 heavy (non-hydrogen) atoms. The van der Waals surface area contributed by atoms with Crippen LogP contribution >= 0.6 is 0 Å². The van der Waals surface area contributed by atoms with Crippen molar-refractivity contribution in [2.45, 2.75) is 33.1 Å². The van der Waals surface area contributed by atoms with Gasteiger partial charge >= 0.3 is 0 Å². The van der Waals surface area contributed by atoms with Gasteiger partial charge in [0.05, 0.1) is 19.9 Å². The van der Waals surface area contributed by atoms with Gasteiger partial charge in [-0.25, -0.2) is 0 Å². The van der Waals surface area contributed by atoms with Crippen LogP contribution in [0.4, 0.5) is 0 Å². The van der Waals surface area contributed by atoms with E-state index in [0.29, 0.717) is 30.8 Å². The zero-order valence-electron chi connectivity index (χ0n) is 15.2. The van der Waals surface area contributed by atoms with Gasteiger partial charge in [0.1, 0.15) is 11.3 Å². The van der Waals surface area contributed by atoms with Gasteiger partial charge in [0.2, 0.25) is 0 Å². The van der Waals surface area contributed by atoms with Crippen LogP contribution < -0.4 is 9.47 Å². The highest BCUT2D eigenvalue weighted by atomic mass is 16.5. The average molecular weight is 344 g/mol. The standard InChI is InChI=1S/C19H24N2O4/c1-5-15-18(12(2)25-20-15)19(22)21-8-6-13-10-16(23-3)17(24-4)11-14(13)7-9-21/h10-11H,5-9H2,1-4H3. The van der Waals surface area contributed by atoms with Crippen LogP contribution in [0, 0.1) is 6.92 Å². The summed E-state index contributed by atoms with van der Waals surface area (Å²) in [5, 5.41) is 4.00. The van der Waals surface area contributed by atoms with Crippen molar-refractivity contribution in [2.75, 3.05) is 27.3 Å². The Kier molecular flexibility index (Phi) is 4.97. The molecule has 1 aliphatic rings. The minimum absolute atomic E-state index is 0.00216. The lowest BCUT2D eigenvalue weighted by atomic mass is 10.0. The Labute approximate surface area is 147 Å². The van der Waals surface area contributed by atoms with Gasteiger partial charge in [-0.15, -0.1) is 0 Å². The van der Waals surface area contributed by atoms with Crippen molar-refractivity contribution >= 4 is 5.91 Å². The SMILES string of the molecule is CCc1noc(C)c1C(=O)N1CCc2cc(OC)c(OC)cc2CC1. The zero-order chi connectivity index (χ0) is 18.0. The van der Waals surface area contributed by atoms with Crippen LogP contribution in [0.5, 0.6) is 11.5 Å². The summed E-state index contributed by atoms with van der Waals surface area (Å²) in [6.45, 7) is 5.09. The van der Waals surface area contributed by atoms with Gasteiger partial charge < -0.3 is 18.9 Å². The van der Waals surface area contributed by atoms with Crippen LogP contribution in [-0.4, -0.2) is 43.3 Å². The molecular weight excluding hydrogens is 320 g/mol. The van der Waals surface area contributed by atoms with Crippen LogP contribution in [0.2, 0.25) is 0 Å². The van der Waals surface area contributed by atoms with Crippen LogP contribution in [0.15, 0.2) is 16.7 Å². The molecule has 2 heterocycles. The van der Waals surface area contributed by atoms with Crippen molar-refractivity contribution in [1.29, 1.82) is 0 Å². The minimum atomic E-state index is 0.00216. The van der Waals surface area contributed by atoms with Gasteiger partial charge in [0.25, 0.3) is 5.91 Å². The molecule has 0 radical (unpaired) electrons. The predicted octanol–water partition coefficient (Wildman–Crippen LogP) is 2.80. The summed E-state index contributed by atoms with van der Waals surface area (Å²) in [6.07, 6.45) is 2.25. The Morgan fingerprint density at radius 2 is 1.72 bits per heavy atom. The van der Waals surface area contributed by atoms with E-state index >= 15 is 0 Å². The van der Waals surface area contributed by atoms with Crippen molar-refractivity contribution in [3.63, 3.8) is 0 Å². The quantitative estimate of drug-likeness (QED) is 0.853. The number of nitrogens with zero attached hydrogens (tertiary/aromatic N) is 2. The fourth-order valence-corrected chi connectivity index (χ4v) is 3.35. The molecular formula is C19H24N2O4. The fourth-order valence-electron chi connectivity index (χ4n) is 3.35. The van der Waals surface area contributed by atoms with Crippen molar-refractivity contribution < 1.29 is 18.8 Å². The normalized spacial score (nSPS) is 14.0. The number of aryl methyl sites for hydroxylation is 2. The van der Waals surface area contributed by atoms with Gasteiger partial charge in [-0.1, -0.05) is 12.1 Å². The third kappa shape index (κ3) is 3.21. The molecule has 1 aromatic carbocycles. The number of hydrogen-bond donors (Lipinski definition) is 0.